The van der Waals surface area contributed by atoms with Crippen LogP contribution in [0.15, 0.2) is 18.2 Å². The molecule has 6 heteroatoms. The molecule has 1 fully saturated rings. The summed E-state index contributed by atoms with van der Waals surface area (Å²) in [7, 11) is 2.14. The number of amides is 3. The Morgan fingerprint density at radius 3 is 2.54 bits per heavy atom. The van der Waals surface area contributed by atoms with Crippen molar-refractivity contribution >= 4 is 40.2 Å². The van der Waals surface area contributed by atoms with Crippen molar-refractivity contribution in [2.24, 2.45) is 0 Å². The highest BCUT2D eigenvalue weighted by Gasteiger charge is 2.26. The molecule has 1 N–H and O–H groups in total. The molecule has 0 spiro atoms. The van der Waals surface area contributed by atoms with Crippen molar-refractivity contribution in [2.45, 2.75) is 52.0 Å². The van der Waals surface area contributed by atoms with Crippen molar-refractivity contribution in [1.82, 2.24) is 10.2 Å². The molecule has 0 saturated carbocycles. The largest absolute Gasteiger partial charge is 0.328 e. The van der Waals surface area contributed by atoms with Crippen LogP contribution >= 0.6 is 22.6 Å². The van der Waals surface area contributed by atoms with E-state index < -0.39 is 0 Å². The Morgan fingerprint density at radius 2 is 1.92 bits per heavy atom. The van der Waals surface area contributed by atoms with E-state index in [0.717, 1.165) is 18.8 Å². The maximum atomic E-state index is 12.3. The van der Waals surface area contributed by atoms with Crippen LogP contribution in [0, 0.1) is 0 Å². The van der Waals surface area contributed by atoms with Gasteiger partial charge >= 0.3 is 6.03 Å². The fraction of sp³-hybridized carbons (Fsp3) is 0.600. The lowest BCUT2D eigenvalue weighted by Gasteiger charge is -2.30. The fourth-order valence-corrected chi connectivity index (χ4v) is 3.57. The second-order valence-electron chi connectivity index (χ2n) is 8.03. The third-order valence-corrected chi connectivity index (χ3v) is 5.35. The lowest BCUT2D eigenvalue weighted by molar-refractivity contribution is -0.120. The number of nitrogens with zero attached hydrogens (tertiary/aromatic N) is 2. The number of hydrogen-bond donors (Lipinski definition) is 1. The molecule has 2 rings (SSSR count). The lowest BCUT2D eigenvalue weighted by Crippen LogP contribution is -2.49. The summed E-state index contributed by atoms with van der Waals surface area (Å²) in [5, 5.41) is 2.42. The van der Waals surface area contributed by atoms with Crippen LogP contribution in [0.5, 0.6) is 0 Å². The molecule has 0 aromatic heterocycles. The Morgan fingerprint density at radius 1 is 1.19 bits per heavy atom. The van der Waals surface area contributed by atoms with E-state index >= 15 is 0 Å². The second-order valence-corrected chi connectivity index (χ2v) is 9.11. The molecular weight excluding hydrogens is 441 g/mol. The molecule has 5 nitrogen and oxygen atoms in total. The quantitative estimate of drug-likeness (QED) is 0.371. The summed E-state index contributed by atoms with van der Waals surface area (Å²) in [6, 6.07) is 6.08. The van der Waals surface area contributed by atoms with Crippen LogP contribution in [0.3, 0.4) is 0 Å². The van der Waals surface area contributed by atoms with E-state index in [9.17, 15) is 9.59 Å². The van der Waals surface area contributed by atoms with E-state index in [1.807, 2.05) is 0 Å². The number of halogens is 1. The van der Waals surface area contributed by atoms with Crippen LogP contribution in [0.4, 0.5) is 10.5 Å². The van der Waals surface area contributed by atoms with E-state index in [2.05, 4.69) is 78.8 Å². The van der Waals surface area contributed by atoms with Gasteiger partial charge in [-0.2, -0.15) is 0 Å². The minimum atomic E-state index is -0.325. The molecule has 1 aliphatic rings. The summed E-state index contributed by atoms with van der Waals surface area (Å²) in [5.41, 5.74) is 3.27. The number of imide groups is 1. The summed E-state index contributed by atoms with van der Waals surface area (Å²) in [4.78, 5) is 27.7. The molecule has 1 aromatic carbocycles. The van der Waals surface area contributed by atoms with Gasteiger partial charge in [0.05, 0.1) is 0 Å². The highest BCUT2D eigenvalue weighted by molar-refractivity contribution is 14.1. The molecule has 0 unspecified atom stereocenters. The van der Waals surface area contributed by atoms with Crippen molar-refractivity contribution < 1.29 is 9.59 Å². The molecule has 144 valence electrons. The van der Waals surface area contributed by atoms with Gasteiger partial charge in [0.2, 0.25) is 5.91 Å². The van der Waals surface area contributed by atoms with E-state index in [-0.39, 0.29) is 17.4 Å². The number of alkyl halides is 1. The minimum absolute atomic E-state index is 0.00732. The summed E-state index contributed by atoms with van der Waals surface area (Å²) < 4.78 is 1.19. The Kier molecular flexibility index (Phi) is 7.46. The van der Waals surface area contributed by atoms with Gasteiger partial charge in [0.25, 0.3) is 0 Å². The number of hydrogen-bond acceptors (Lipinski definition) is 3. The molecule has 0 aliphatic carbocycles. The van der Waals surface area contributed by atoms with E-state index in [1.54, 1.807) is 4.90 Å². The second kappa shape index (κ2) is 9.17. The van der Waals surface area contributed by atoms with Crippen LogP contribution in [-0.2, 0) is 16.8 Å². The number of anilines is 1. The Labute approximate surface area is 170 Å². The van der Waals surface area contributed by atoms with E-state index in [0.29, 0.717) is 13.0 Å². The highest BCUT2D eigenvalue weighted by Crippen LogP contribution is 2.29. The number of nitrogens with one attached hydrogen (secondary N) is 1. The van der Waals surface area contributed by atoms with E-state index in [4.69, 9.17) is 0 Å². The standard InChI is InChI=1S/C20H30IN3O2/c1-20(2,3)16-11-15(14-23(4)9-6-5-8-21)12-17(13-16)24-10-7-18(25)22-19(24)26/h11-13H,5-10,14H2,1-4H3,(H,22,25,26). The lowest BCUT2D eigenvalue weighted by atomic mass is 9.85. The van der Waals surface area contributed by atoms with Gasteiger partial charge in [0.15, 0.2) is 0 Å². The fourth-order valence-electron chi connectivity index (χ4n) is 3.03. The van der Waals surface area contributed by atoms with Crippen molar-refractivity contribution in [3.63, 3.8) is 0 Å². The zero-order chi connectivity index (χ0) is 19.3. The molecule has 1 heterocycles. The van der Waals surface area contributed by atoms with Crippen LogP contribution in [0.2, 0.25) is 0 Å². The Balaban J connectivity index is 2.25. The average molecular weight is 471 g/mol. The number of unbranched alkanes of at least 4 members (excludes halogenated alkanes) is 1. The average Bonchev–Trinajstić information content (AvgIpc) is 2.54. The zero-order valence-electron chi connectivity index (χ0n) is 16.3. The first-order valence-corrected chi connectivity index (χ1v) is 10.7. The van der Waals surface area contributed by atoms with Crippen LogP contribution < -0.4 is 10.2 Å². The first-order valence-electron chi connectivity index (χ1n) is 9.21. The SMILES string of the molecule is CN(CCCCI)Cc1cc(N2CCC(=O)NC2=O)cc(C(C)(C)C)c1. The Hall–Kier alpha value is -1.15. The zero-order valence-corrected chi connectivity index (χ0v) is 18.4. The van der Waals surface area contributed by atoms with Gasteiger partial charge in [-0.15, -0.1) is 0 Å². The number of carbonyl (C=O) groups is 2. The monoisotopic (exact) mass is 471 g/mol. The van der Waals surface area contributed by atoms with Gasteiger partial charge in [0.1, 0.15) is 0 Å². The smallest absolute Gasteiger partial charge is 0.302 e. The van der Waals surface area contributed by atoms with Gasteiger partial charge in [-0.25, -0.2) is 4.79 Å². The summed E-state index contributed by atoms with van der Waals surface area (Å²) in [6.45, 7) is 8.89. The molecular formula is C20H30IN3O2. The normalized spacial score (nSPS) is 15.5. The maximum Gasteiger partial charge on any atom is 0.328 e. The number of rotatable bonds is 7. The molecule has 0 radical (unpaired) electrons. The van der Waals surface area contributed by atoms with Crippen LogP contribution in [0.25, 0.3) is 0 Å². The first kappa shape index (κ1) is 21.2. The third-order valence-electron chi connectivity index (χ3n) is 4.59. The predicted molar refractivity (Wildman–Crippen MR) is 115 cm³/mol. The molecule has 3 amide bonds. The van der Waals surface area contributed by atoms with Crippen molar-refractivity contribution in [2.75, 3.05) is 29.5 Å². The van der Waals surface area contributed by atoms with Gasteiger partial charge in [-0.3, -0.25) is 15.0 Å². The Bertz CT molecular complexity index is 655. The van der Waals surface area contributed by atoms with Crippen molar-refractivity contribution in [1.29, 1.82) is 0 Å². The molecule has 0 atom stereocenters. The summed E-state index contributed by atoms with van der Waals surface area (Å²) in [6.07, 6.45) is 2.78. The minimum Gasteiger partial charge on any atom is -0.302 e. The molecule has 1 aliphatic heterocycles. The summed E-state index contributed by atoms with van der Waals surface area (Å²) >= 11 is 2.42. The van der Waals surface area contributed by atoms with Gasteiger partial charge in [0, 0.05) is 25.2 Å². The molecule has 26 heavy (non-hydrogen) atoms. The van der Waals surface area contributed by atoms with Crippen molar-refractivity contribution in [3.05, 3.63) is 29.3 Å². The topological polar surface area (TPSA) is 52.6 Å². The van der Waals surface area contributed by atoms with Gasteiger partial charge in [-0.1, -0.05) is 49.4 Å². The number of carbonyl (C=O) groups excluding carboxylic acids is 2. The maximum absolute atomic E-state index is 12.3. The van der Waals surface area contributed by atoms with Gasteiger partial charge in [-0.05, 0) is 59.5 Å². The summed E-state index contributed by atoms with van der Waals surface area (Å²) in [5.74, 6) is -0.201. The molecule has 0 bridgehead atoms. The van der Waals surface area contributed by atoms with Crippen molar-refractivity contribution in [3.8, 4) is 0 Å². The first-order chi connectivity index (χ1) is 12.2. The predicted octanol–water partition coefficient (Wildman–Crippen LogP) is 4.08. The molecule has 1 aromatic rings. The third kappa shape index (κ3) is 5.94. The van der Waals surface area contributed by atoms with E-state index in [1.165, 1.54) is 28.4 Å². The highest BCUT2D eigenvalue weighted by atomic mass is 127. The number of urea groups is 1. The van der Waals surface area contributed by atoms with Gasteiger partial charge < -0.3 is 4.90 Å². The number of benzene rings is 1. The van der Waals surface area contributed by atoms with Crippen LogP contribution in [0.1, 0.15) is 51.2 Å². The molecule has 1 saturated heterocycles. The van der Waals surface area contributed by atoms with Crippen LogP contribution in [-0.4, -0.2) is 41.4 Å².